The monoisotopic (exact) mass is 439 g/mol. The predicted octanol–water partition coefficient (Wildman–Crippen LogP) is 1.45. The molecule has 2 heterocycles. The van der Waals surface area contributed by atoms with Gasteiger partial charge in [-0.25, -0.2) is 12.8 Å². The lowest BCUT2D eigenvalue weighted by Gasteiger charge is -2.34. The van der Waals surface area contributed by atoms with E-state index in [0.29, 0.717) is 32.0 Å². The molecule has 1 saturated heterocycles. The van der Waals surface area contributed by atoms with Crippen molar-refractivity contribution in [2.75, 3.05) is 39.0 Å². The Morgan fingerprint density at radius 3 is 2.67 bits per heavy atom. The summed E-state index contributed by atoms with van der Waals surface area (Å²) in [6.07, 6.45) is 2.38. The number of rotatable bonds is 7. The van der Waals surface area contributed by atoms with Gasteiger partial charge in [-0.05, 0) is 44.0 Å². The number of benzene rings is 1. The van der Waals surface area contributed by atoms with Crippen LogP contribution in [0.3, 0.4) is 0 Å². The van der Waals surface area contributed by atoms with Gasteiger partial charge >= 0.3 is 0 Å². The number of nitrogens with one attached hydrogen (secondary N) is 3. The second-order valence-corrected chi connectivity index (χ2v) is 9.66. The molecule has 8 nitrogen and oxygen atoms in total. The highest BCUT2D eigenvalue weighted by Crippen LogP contribution is 2.19. The fourth-order valence-corrected chi connectivity index (χ4v) is 5.18. The van der Waals surface area contributed by atoms with Crippen LogP contribution in [0.5, 0.6) is 0 Å². The van der Waals surface area contributed by atoms with E-state index in [0.717, 1.165) is 16.5 Å². The average Bonchev–Trinajstić information content (AvgIpc) is 3.08. The maximum Gasteiger partial charge on any atom is 0.216 e. The lowest BCUT2D eigenvalue weighted by Crippen LogP contribution is -2.50. The van der Waals surface area contributed by atoms with Crippen LogP contribution in [0.4, 0.5) is 4.39 Å². The number of fused-ring (bicyclic) bond motifs is 1. The molecule has 10 heteroatoms. The van der Waals surface area contributed by atoms with Gasteiger partial charge in [-0.2, -0.15) is 4.31 Å². The van der Waals surface area contributed by atoms with Crippen molar-refractivity contribution in [1.29, 1.82) is 0 Å². The van der Waals surface area contributed by atoms with Gasteiger partial charge in [0.2, 0.25) is 10.0 Å². The minimum Gasteiger partial charge on any atom is -0.373 e. The number of sulfonamides is 1. The zero-order valence-electron chi connectivity index (χ0n) is 17.6. The first-order valence-corrected chi connectivity index (χ1v) is 11.7. The highest BCUT2D eigenvalue weighted by Gasteiger charge is 2.30. The van der Waals surface area contributed by atoms with Crippen LogP contribution < -0.4 is 10.6 Å². The molecule has 0 spiro atoms. The summed E-state index contributed by atoms with van der Waals surface area (Å²) in [4.78, 5) is 7.22. The maximum absolute atomic E-state index is 13.3. The van der Waals surface area contributed by atoms with Crippen molar-refractivity contribution in [2.24, 2.45) is 4.99 Å². The molecule has 1 aliphatic rings. The molecule has 1 fully saturated rings. The first kappa shape index (κ1) is 22.5. The van der Waals surface area contributed by atoms with Crippen LogP contribution in [-0.2, 0) is 21.2 Å². The fourth-order valence-electron chi connectivity index (χ4n) is 3.69. The van der Waals surface area contributed by atoms with Crippen molar-refractivity contribution in [3.63, 3.8) is 0 Å². The van der Waals surface area contributed by atoms with Gasteiger partial charge in [-0.1, -0.05) is 0 Å². The van der Waals surface area contributed by atoms with E-state index in [1.165, 1.54) is 16.4 Å². The summed E-state index contributed by atoms with van der Waals surface area (Å²) in [6.45, 7) is 5.39. The Balaban J connectivity index is 1.45. The van der Waals surface area contributed by atoms with E-state index in [-0.39, 0.29) is 30.3 Å². The summed E-state index contributed by atoms with van der Waals surface area (Å²) in [7, 11) is -1.72. The number of hydrogen-bond acceptors (Lipinski definition) is 4. The number of aromatic nitrogens is 1. The molecule has 3 N–H and O–H groups in total. The molecule has 1 aliphatic heterocycles. The minimum atomic E-state index is -3.36. The normalized spacial score (nSPS) is 21.1. The minimum absolute atomic E-state index is 0.0127. The number of halogens is 1. The van der Waals surface area contributed by atoms with Crippen LogP contribution in [0.2, 0.25) is 0 Å². The number of nitrogens with zero attached hydrogens (tertiary/aromatic N) is 2. The molecule has 2 unspecified atom stereocenters. The van der Waals surface area contributed by atoms with E-state index < -0.39 is 10.0 Å². The molecule has 3 rings (SSSR count). The Kier molecular flexibility index (Phi) is 7.32. The van der Waals surface area contributed by atoms with Gasteiger partial charge in [0.05, 0.1) is 18.0 Å². The van der Waals surface area contributed by atoms with E-state index in [2.05, 4.69) is 20.6 Å². The summed E-state index contributed by atoms with van der Waals surface area (Å²) in [5.74, 6) is 0.260. The zero-order chi connectivity index (χ0) is 21.7. The lowest BCUT2D eigenvalue weighted by atomic mass is 10.1. The van der Waals surface area contributed by atoms with Gasteiger partial charge < -0.3 is 20.4 Å². The van der Waals surface area contributed by atoms with Gasteiger partial charge in [0.25, 0.3) is 0 Å². The quantitative estimate of drug-likeness (QED) is 0.448. The van der Waals surface area contributed by atoms with Gasteiger partial charge in [0, 0.05) is 50.3 Å². The zero-order valence-corrected chi connectivity index (χ0v) is 18.4. The molecule has 2 aromatic rings. The van der Waals surface area contributed by atoms with E-state index in [1.54, 1.807) is 13.1 Å². The first-order chi connectivity index (χ1) is 14.3. The highest BCUT2D eigenvalue weighted by atomic mass is 32.2. The lowest BCUT2D eigenvalue weighted by molar-refractivity contribution is -0.0440. The van der Waals surface area contributed by atoms with E-state index in [9.17, 15) is 12.8 Å². The van der Waals surface area contributed by atoms with Crippen molar-refractivity contribution in [1.82, 2.24) is 19.9 Å². The van der Waals surface area contributed by atoms with Crippen molar-refractivity contribution in [3.05, 3.63) is 35.8 Å². The number of hydrogen-bond donors (Lipinski definition) is 3. The number of morpholine rings is 1. The van der Waals surface area contributed by atoms with Crippen molar-refractivity contribution in [3.8, 4) is 0 Å². The molecule has 0 radical (unpaired) electrons. The number of aromatic amines is 1. The molecule has 0 bridgehead atoms. The van der Waals surface area contributed by atoms with E-state index in [1.807, 2.05) is 20.0 Å². The van der Waals surface area contributed by atoms with Crippen molar-refractivity contribution >= 4 is 26.9 Å². The Morgan fingerprint density at radius 1 is 1.27 bits per heavy atom. The summed E-state index contributed by atoms with van der Waals surface area (Å²) in [5, 5.41) is 7.23. The first-order valence-electron chi connectivity index (χ1n) is 10.1. The van der Waals surface area contributed by atoms with E-state index in [4.69, 9.17) is 4.74 Å². The largest absolute Gasteiger partial charge is 0.373 e. The van der Waals surface area contributed by atoms with Crippen LogP contribution in [0.1, 0.15) is 19.4 Å². The Hall–Kier alpha value is -2.17. The summed E-state index contributed by atoms with van der Waals surface area (Å²) >= 11 is 0. The Morgan fingerprint density at radius 2 is 1.97 bits per heavy atom. The fraction of sp³-hybridized carbons (Fsp3) is 0.550. The van der Waals surface area contributed by atoms with Crippen LogP contribution in [0.15, 0.2) is 29.4 Å². The smallest absolute Gasteiger partial charge is 0.216 e. The molecule has 166 valence electrons. The van der Waals surface area contributed by atoms with Crippen LogP contribution in [-0.4, -0.2) is 74.9 Å². The Labute approximate surface area is 176 Å². The van der Waals surface area contributed by atoms with Crippen LogP contribution in [0.25, 0.3) is 10.9 Å². The van der Waals surface area contributed by atoms with E-state index >= 15 is 0 Å². The summed E-state index contributed by atoms with van der Waals surface area (Å²) in [6, 6.07) is 4.69. The molecular weight excluding hydrogens is 409 g/mol. The topological polar surface area (TPSA) is 98.8 Å². The van der Waals surface area contributed by atoms with Gasteiger partial charge in [-0.3, -0.25) is 4.99 Å². The third-order valence-electron chi connectivity index (χ3n) is 5.07. The molecule has 0 saturated carbocycles. The standard InChI is InChI=1S/C20H30FN5O3S/c1-14-12-26(13-15(2)29-14)30(27,28)9-8-24-20(22-3)23-7-6-16-11-25-19-10-17(21)4-5-18(16)19/h4-5,10-11,14-15,25H,6-9,12-13H2,1-3H3,(H2,22,23,24). The van der Waals surface area contributed by atoms with Gasteiger partial charge in [0.1, 0.15) is 5.82 Å². The molecule has 0 amide bonds. The second kappa shape index (κ2) is 9.76. The number of guanidine groups is 1. The third kappa shape index (κ3) is 5.71. The molecule has 1 aromatic heterocycles. The maximum atomic E-state index is 13.3. The Bertz CT molecular complexity index is 981. The highest BCUT2D eigenvalue weighted by molar-refractivity contribution is 7.89. The van der Waals surface area contributed by atoms with Crippen LogP contribution >= 0.6 is 0 Å². The summed E-state index contributed by atoms with van der Waals surface area (Å²) in [5.41, 5.74) is 1.84. The van der Waals surface area contributed by atoms with Crippen molar-refractivity contribution in [2.45, 2.75) is 32.5 Å². The number of aliphatic imine (C=N–C) groups is 1. The van der Waals surface area contributed by atoms with Gasteiger partial charge in [0.15, 0.2) is 5.96 Å². The molecular formula is C20H30FN5O3S. The molecule has 0 aliphatic carbocycles. The molecule has 1 aromatic carbocycles. The van der Waals surface area contributed by atoms with Gasteiger partial charge in [-0.15, -0.1) is 0 Å². The van der Waals surface area contributed by atoms with Crippen LogP contribution in [0, 0.1) is 5.82 Å². The van der Waals surface area contributed by atoms with Crippen molar-refractivity contribution < 1.29 is 17.5 Å². The number of ether oxygens (including phenoxy) is 1. The predicted molar refractivity (Wildman–Crippen MR) is 117 cm³/mol. The SMILES string of the molecule is CN=C(NCCc1c[nH]c2cc(F)ccc12)NCCS(=O)(=O)N1CC(C)OC(C)C1. The number of H-pyrrole nitrogens is 1. The second-order valence-electron chi connectivity index (χ2n) is 7.57. The molecule has 30 heavy (non-hydrogen) atoms. The molecule has 2 atom stereocenters. The summed E-state index contributed by atoms with van der Waals surface area (Å²) < 4.78 is 45.6. The average molecular weight is 440 g/mol. The third-order valence-corrected chi connectivity index (χ3v) is 6.88.